The van der Waals surface area contributed by atoms with Gasteiger partial charge in [-0.2, -0.15) is 13.2 Å². The van der Waals surface area contributed by atoms with Crippen molar-refractivity contribution in [2.75, 3.05) is 19.9 Å². The molecule has 0 rings (SSSR count). The Balaban J connectivity index is -0.000000205. The average Bonchev–Trinajstić information content (AvgIpc) is 2.00. The summed E-state index contributed by atoms with van der Waals surface area (Å²) in [5.41, 5.74) is 0. The second-order valence-electron chi connectivity index (χ2n) is 2.22. The largest absolute Gasteiger partial charge is 0.425 e. The maximum absolute atomic E-state index is 9.67. The molecule has 0 heterocycles. The Morgan fingerprint density at radius 2 is 1.29 bits per heavy atom. The van der Waals surface area contributed by atoms with Gasteiger partial charge in [0.1, 0.15) is 0 Å². The van der Waals surface area contributed by atoms with Gasteiger partial charge in [-0.05, 0) is 0 Å². The summed E-state index contributed by atoms with van der Waals surface area (Å²) < 4.78 is 64.2. The molecule has 0 fully saturated rings. The van der Waals surface area contributed by atoms with Crippen molar-refractivity contribution >= 4 is 18.6 Å². The summed E-state index contributed by atoms with van der Waals surface area (Å²) in [7, 11) is -5.81. The van der Waals surface area contributed by atoms with Crippen molar-refractivity contribution in [3.63, 3.8) is 0 Å². The van der Waals surface area contributed by atoms with Gasteiger partial charge in [0.05, 0.1) is 0 Å². The van der Waals surface area contributed by atoms with E-state index in [1.807, 2.05) is 13.8 Å². The van der Waals surface area contributed by atoms with Crippen LogP contribution in [0.5, 0.6) is 0 Å². The van der Waals surface area contributed by atoms with Crippen molar-refractivity contribution in [1.82, 2.24) is 0 Å². The van der Waals surface area contributed by atoms with Crippen LogP contribution < -0.4 is 0 Å². The van der Waals surface area contributed by atoms with E-state index in [0.29, 0.717) is 13.2 Å². The van der Waals surface area contributed by atoms with E-state index >= 15 is 0 Å². The summed E-state index contributed by atoms with van der Waals surface area (Å²) in [6, 6.07) is 0. The molecule has 6 nitrogen and oxygen atoms in total. The van der Waals surface area contributed by atoms with E-state index in [0.717, 1.165) is 0 Å². The quantitative estimate of drug-likeness (QED) is 0.789. The topological polar surface area (TPSA) is 89.9 Å². The Kier molecular flexibility index (Phi) is 17.8. The first-order valence-electron chi connectivity index (χ1n) is 4.28. The van der Waals surface area contributed by atoms with Gasteiger partial charge in [-0.3, -0.25) is 0 Å². The number of rotatable bonds is 4. The fraction of sp³-hybridized carbons (Fsp3) is 1.00. The van der Waals surface area contributed by atoms with Crippen LogP contribution in [0.4, 0.5) is 13.2 Å². The number of halogens is 3. The molecule has 0 aromatic heterocycles. The zero-order valence-corrected chi connectivity index (χ0v) is 11.3. The van der Waals surface area contributed by atoms with E-state index in [1.165, 1.54) is 0 Å². The van der Waals surface area contributed by atoms with E-state index in [2.05, 4.69) is 0 Å². The summed E-state index contributed by atoms with van der Waals surface area (Å²) in [5.74, 6) is 0. The maximum Gasteiger partial charge on any atom is 0.425 e. The van der Waals surface area contributed by atoms with Crippen LogP contribution >= 0.6 is 7.94 Å². The van der Waals surface area contributed by atoms with Gasteiger partial charge < -0.3 is 0 Å². The summed E-state index contributed by atoms with van der Waals surface area (Å²) >= 11 is 0. The van der Waals surface area contributed by atoms with Crippen LogP contribution in [-0.4, -0.2) is 44.1 Å². The Hall–Kier alpha value is -0.280. The average molecular weight is 304 g/mol. The molecule has 0 amide bonds. The van der Waals surface area contributed by atoms with Crippen LogP contribution in [0.15, 0.2) is 0 Å². The summed E-state index contributed by atoms with van der Waals surface area (Å²) in [5, 5.41) is 0. The molecule has 11 heteroatoms. The minimum atomic E-state index is -3.67. The number of hydrogen-bond donors (Lipinski definition) is 1. The van der Waals surface area contributed by atoms with Gasteiger partial charge in [-0.1, -0.05) is 0 Å². The van der Waals surface area contributed by atoms with E-state index in [9.17, 15) is 18.1 Å². The molecule has 1 N–H and O–H groups in total. The Morgan fingerprint density at radius 1 is 1.12 bits per heavy atom. The van der Waals surface area contributed by atoms with Crippen LogP contribution in [0.1, 0.15) is 13.8 Å². The van der Waals surface area contributed by atoms with Gasteiger partial charge in [0.2, 0.25) is 0 Å². The molecule has 17 heavy (non-hydrogen) atoms. The molecule has 0 aromatic carbocycles. The van der Waals surface area contributed by atoms with Gasteiger partial charge >= 0.3 is 72.9 Å². The van der Waals surface area contributed by atoms with Crippen molar-refractivity contribution in [3.05, 3.63) is 0 Å². The Morgan fingerprint density at radius 3 is 1.41 bits per heavy atom. The fourth-order valence-electron chi connectivity index (χ4n) is 0.577. The van der Waals surface area contributed by atoms with Crippen molar-refractivity contribution in [2.24, 2.45) is 0 Å². The molecular weight excluding hydrogens is 288 g/mol. The fourth-order valence-corrected chi connectivity index (χ4v) is 1.73. The number of hydrogen-bond acceptors (Lipinski definition) is 6. The molecule has 0 aliphatic heterocycles. The first-order chi connectivity index (χ1) is 7.59. The number of alkyl halides is 3. The molecule has 108 valence electrons. The van der Waals surface area contributed by atoms with Crippen LogP contribution in [0.2, 0.25) is 0 Å². The van der Waals surface area contributed by atoms with Crippen LogP contribution in [0.3, 0.4) is 0 Å². The van der Waals surface area contributed by atoms with E-state index in [-0.39, 0.29) is 0 Å². The minimum absolute atomic E-state index is 0.513. The molecule has 0 aliphatic rings. The normalized spacial score (nSPS) is 10.8. The van der Waals surface area contributed by atoms with Crippen LogP contribution in [0, 0.1) is 0 Å². The first kappa shape index (κ1) is 21.9. The van der Waals surface area contributed by atoms with Gasteiger partial charge in [0, 0.05) is 0 Å². The summed E-state index contributed by atoms with van der Waals surface area (Å²) in [6.45, 7) is 2.64. The van der Waals surface area contributed by atoms with E-state index in [4.69, 9.17) is 21.7 Å². The first-order valence-corrected chi connectivity index (χ1v) is 7.54. The molecule has 0 saturated heterocycles. The summed E-state index contributed by atoms with van der Waals surface area (Å²) in [4.78, 5) is 9.21. The third-order valence-electron chi connectivity index (χ3n) is 0.824. The third-order valence-corrected chi connectivity index (χ3v) is 2.47. The van der Waals surface area contributed by atoms with Crippen LogP contribution in [0.25, 0.3) is 0 Å². The molecule has 0 aromatic rings. The van der Waals surface area contributed by atoms with Crippen molar-refractivity contribution in [1.29, 1.82) is 0 Å². The zero-order chi connectivity index (χ0) is 14.5. The third kappa shape index (κ3) is 49.7. The van der Waals surface area contributed by atoms with Gasteiger partial charge in [-0.15, -0.1) is 12.6 Å². The smallest absolute Gasteiger partial charge is 0.174 e. The molecule has 0 unspecified atom stereocenters. The van der Waals surface area contributed by atoms with Gasteiger partial charge in [0.15, 0.2) is 0 Å². The second kappa shape index (κ2) is 13.8. The minimum Gasteiger partial charge on any atom is -0.174 e. The van der Waals surface area contributed by atoms with Crippen molar-refractivity contribution in [3.8, 4) is 0 Å². The molecular formula is C6H16F3O6PS. The van der Waals surface area contributed by atoms with E-state index < -0.39 is 25.2 Å². The molecule has 0 saturated carbocycles. The molecule has 0 bridgehead atoms. The Bertz CT molecular complexity index is 238. The van der Waals surface area contributed by atoms with Crippen molar-refractivity contribution in [2.45, 2.75) is 20.5 Å². The predicted octanol–water partition coefficient (Wildman–Crippen LogP) is 1.35. The van der Waals surface area contributed by atoms with E-state index in [1.54, 1.807) is 6.66 Å². The van der Waals surface area contributed by atoms with Crippen molar-refractivity contribution < 1.29 is 39.7 Å². The summed E-state index contributed by atoms with van der Waals surface area (Å²) in [6.07, 6.45) is 0. The standard InChI is InChI=1S/C5H15O3P.CHF3.O3S/c1-4-7-9(3,6)8-5-2;2-1(3)4;1-4(2)3/h6,9H,4-5H2,1-3H3;1H;. The SMILES string of the molecule is CCO[PH](C)(O)OCC.FC(F)F.O=S(=O)=O. The molecule has 0 radical (unpaired) electrons. The monoisotopic (exact) mass is 304 g/mol. The van der Waals surface area contributed by atoms with Gasteiger partial charge in [0.25, 0.3) is 0 Å². The molecule has 0 aliphatic carbocycles. The molecule has 0 atom stereocenters. The second-order valence-corrected chi connectivity index (χ2v) is 5.00. The molecule has 0 spiro atoms. The maximum atomic E-state index is 9.67. The van der Waals surface area contributed by atoms with Crippen LogP contribution in [-0.2, 0) is 19.7 Å². The zero-order valence-electron chi connectivity index (χ0n) is 9.52. The van der Waals surface area contributed by atoms with Gasteiger partial charge in [-0.25, -0.2) is 0 Å². The predicted molar refractivity (Wildman–Crippen MR) is 56.5 cm³/mol. The Labute approximate surface area is 99.4 Å².